The van der Waals surface area contributed by atoms with E-state index in [1.807, 2.05) is 0 Å². The average molecular weight is 350 g/mol. The minimum Gasteiger partial charge on any atom is -0.341 e. The van der Waals surface area contributed by atoms with E-state index in [0.29, 0.717) is 25.9 Å². The van der Waals surface area contributed by atoms with E-state index >= 15 is 0 Å². The SMILES string of the molecule is CC(CF)=NC(=N)N1CCC(C(=O)C[C@@H](N)c2ccc(F)cc2)CC1. The number of guanidine groups is 1. The molecule has 0 unspecified atom stereocenters. The van der Waals surface area contributed by atoms with Crippen molar-refractivity contribution in [3.05, 3.63) is 35.6 Å². The molecule has 0 radical (unpaired) electrons. The van der Waals surface area contributed by atoms with Crippen molar-refractivity contribution in [1.29, 1.82) is 5.41 Å². The number of ketones is 1. The molecule has 0 aliphatic carbocycles. The van der Waals surface area contributed by atoms with Crippen molar-refractivity contribution in [2.24, 2.45) is 16.6 Å². The fraction of sp³-hybridized carbons (Fsp3) is 0.500. The Morgan fingerprint density at radius 2 is 1.96 bits per heavy atom. The Kier molecular flexibility index (Phi) is 6.75. The Labute approximate surface area is 146 Å². The highest BCUT2D eigenvalue weighted by molar-refractivity contribution is 5.95. The number of Topliss-reactive ketones (excluding diaryl/α,β-unsaturated/α-hetero) is 1. The van der Waals surface area contributed by atoms with Crippen molar-refractivity contribution in [3.8, 4) is 0 Å². The van der Waals surface area contributed by atoms with Crippen LogP contribution >= 0.6 is 0 Å². The zero-order valence-electron chi connectivity index (χ0n) is 14.3. The highest BCUT2D eigenvalue weighted by atomic mass is 19.1. The summed E-state index contributed by atoms with van der Waals surface area (Å²) in [6, 6.07) is 5.43. The summed E-state index contributed by atoms with van der Waals surface area (Å²) in [5.41, 5.74) is 7.07. The van der Waals surface area contributed by atoms with E-state index in [1.54, 1.807) is 24.0 Å². The van der Waals surface area contributed by atoms with Crippen LogP contribution in [0.25, 0.3) is 0 Å². The van der Waals surface area contributed by atoms with Crippen molar-refractivity contribution in [3.63, 3.8) is 0 Å². The Balaban J connectivity index is 1.84. The van der Waals surface area contributed by atoms with Crippen molar-refractivity contribution < 1.29 is 13.6 Å². The van der Waals surface area contributed by atoms with Crippen LogP contribution in [-0.2, 0) is 4.79 Å². The molecule has 1 heterocycles. The molecule has 1 aliphatic rings. The van der Waals surface area contributed by atoms with Crippen molar-refractivity contribution in [1.82, 2.24) is 4.90 Å². The van der Waals surface area contributed by atoms with Crippen LogP contribution in [-0.4, -0.2) is 42.1 Å². The molecule has 3 N–H and O–H groups in total. The van der Waals surface area contributed by atoms with Gasteiger partial charge in [0.05, 0.1) is 0 Å². The van der Waals surface area contributed by atoms with Gasteiger partial charge in [0.15, 0.2) is 0 Å². The van der Waals surface area contributed by atoms with E-state index in [-0.39, 0.29) is 35.6 Å². The first-order chi connectivity index (χ1) is 11.9. The van der Waals surface area contributed by atoms with Crippen LogP contribution < -0.4 is 5.73 Å². The molecule has 0 spiro atoms. The molecule has 2 rings (SSSR count). The van der Waals surface area contributed by atoms with Gasteiger partial charge in [-0.1, -0.05) is 12.1 Å². The lowest BCUT2D eigenvalue weighted by Gasteiger charge is -2.32. The summed E-state index contributed by atoms with van der Waals surface area (Å²) >= 11 is 0. The smallest absolute Gasteiger partial charge is 0.217 e. The van der Waals surface area contributed by atoms with E-state index in [4.69, 9.17) is 11.1 Å². The molecule has 1 aromatic carbocycles. The van der Waals surface area contributed by atoms with Gasteiger partial charge >= 0.3 is 0 Å². The maximum atomic E-state index is 12.9. The number of hydrogen-bond acceptors (Lipinski definition) is 3. The second-order valence-corrected chi connectivity index (χ2v) is 6.39. The predicted octanol–water partition coefficient (Wildman–Crippen LogP) is 2.86. The number of rotatable bonds is 5. The number of hydrogen-bond donors (Lipinski definition) is 2. The number of nitrogens with one attached hydrogen (secondary N) is 1. The van der Waals surface area contributed by atoms with E-state index < -0.39 is 12.7 Å². The van der Waals surface area contributed by atoms with Gasteiger partial charge in [0.1, 0.15) is 18.3 Å². The van der Waals surface area contributed by atoms with Crippen LogP contribution in [0.15, 0.2) is 29.3 Å². The summed E-state index contributed by atoms with van der Waals surface area (Å²) in [6.07, 6.45) is 1.47. The van der Waals surface area contributed by atoms with E-state index in [1.165, 1.54) is 12.1 Å². The lowest BCUT2D eigenvalue weighted by atomic mass is 9.88. The third-order valence-electron chi connectivity index (χ3n) is 4.46. The number of carbonyl (C=O) groups excluding carboxylic acids is 1. The van der Waals surface area contributed by atoms with Gasteiger partial charge in [-0.15, -0.1) is 0 Å². The Bertz CT molecular complexity index is 637. The number of nitrogens with two attached hydrogens (primary N) is 1. The standard InChI is InChI=1S/C18H24F2N4O/c1-12(11-19)23-18(22)24-8-6-14(7-9-24)17(25)10-16(21)13-2-4-15(20)5-3-13/h2-5,14,16,22H,6-11,21H2,1H3/t16-/m1/s1. The van der Waals surface area contributed by atoms with E-state index in [2.05, 4.69) is 4.99 Å². The highest BCUT2D eigenvalue weighted by Gasteiger charge is 2.27. The maximum absolute atomic E-state index is 12.9. The van der Waals surface area contributed by atoms with Crippen LogP contribution in [0.3, 0.4) is 0 Å². The van der Waals surface area contributed by atoms with E-state index in [0.717, 1.165) is 5.56 Å². The normalized spacial score (nSPS) is 17.4. The number of benzene rings is 1. The minimum atomic E-state index is -0.668. The molecule has 1 atom stereocenters. The Morgan fingerprint density at radius 1 is 1.36 bits per heavy atom. The van der Waals surface area contributed by atoms with Gasteiger partial charge in [-0.25, -0.2) is 13.8 Å². The van der Waals surface area contributed by atoms with Gasteiger partial charge in [0.25, 0.3) is 0 Å². The minimum absolute atomic E-state index is 0.0454. The first-order valence-corrected chi connectivity index (χ1v) is 8.38. The molecule has 1 saturated heterocycles. The number of carbonyl (C=O) groups is 1. The molecule has 1 aliphatic heterocycles. The number of likely N-dealkylation sites (tertiary alicyclic amines) is 1. The molecule has 0 bridgehead atoms. The van der Waals surface area contributed by atoms with Gasteiger partial charge in [-0.05, 0) is 37.5 Å². The summed E-state index contributed by atoms with van der Waals surface area (Å²) in [7, 11) is 0. The molecule has 136 valence electrons. The number of piperidine rings is 1. The molecule has 1 aromatic rings. The third kappa shape index (κ3) is 5.42. The lowest BCUT2D eigenvalue weighted by molar-refractivity contribution is -0.124. The van der Waals surface area contributed by atoms with Crippen molar-refractivity contribution in [2.75, 3.05) is 19.8 Å². The average Bonchev–Trinajstić information content (AvgIpc) is 2.62. The quantitative estimate of drug-likeness (QED) is 0.633. The van der Waals surface area contributed by atoms with Gasteiger partial charge < -0.3 is 10.6 Å². The maximum Gasteiger partial charge on any atom is 0.217 e. The number of aliphatic imine (C=N–C) groups is 1. The summed E-state index contributed by atoms with van der Waals surface area (Å²) in [4.78, 5) is 18.1. The number of halogens is 2. The van der Waals surface area contributed by atoms with E-state index in [9.17, 15) is 13.6 Å². The molecule has 7 heteroatoms. The lowest BCUT2D eigenvalue weighted by Crippen LogP contribution is -2.40. The molecule has 0 amide bonds. The molecule has 0 saturated carbocycles. The zero-order chi connectivity index (χ0) is 18.4. The van der Waals surface area contributed by atoms with Crippen LogP contribution in [0.1, 0.15) is 37.8 Å². The second-order valence-electron chi connectivity index (χ2n) is 6.39. The molecule has 25 heavy (non-hydrogen) atoms. The summed E-state index contributed by atoms with van der Waals surface area (Å²) in [5.74, 6) is -0.292. The first kappa shape index (κ1) is 19.2. The van der Waals surface area contributed by atoms with Gasteiger partial charge in [0.2, 0.25) is 5.96 Å². The van der Waals surface area contributed by atoms with Gasteiger partial charge in [-0.2, -0.15) is 0 Å². The first-order valence-electron chi connectivity index (χ1n) is 8.38. The molecule has 0 aromatic heterocycles. The second kappa shape index (κ2) is 8.80. The molecule has 5 nitrogen and oxygen atoms in total. The van der Waals surface area contributed by atoms with Crippen LogP contribution in [0.2, 0.25) is 0 Å². The van der Waals surface area contributed by atoms with Crippen molar-refractivity contribution >= 4 is 17.5 Å². The molecule has 1 fully saturated rings. The summed E-state index contributed by atoms with van der Waals surface area (Å²) in [5, 5.41) is 7.87. The zero-order valence-corrected chi connectivity index (χ0v) is 14.3. The van der Waals surface area contributed by atoms with Crippen molar-refractivity contribution in [2.45, 2.75) is 32.2 Å². The highest BCUT2D eigenvalue weighted by Crippen LogP contribution is 2.23. The Morgan fingerprint density at radius 3 is 2.52 bits per heavy atom. The van der Waals surface area contributed by atoms with Gasteiger partial charge in [-0.3, -0.25) is 10.2 Å². The van der Waals surface area contributed by atoms with Crippen LogP contribution in [0.4, 0.5) is 8.78 Å². The Hall–Kier alpha value is -2.15. The number of nitrogens with zero attached hydrogens (tertiary/aromatic N) is 2. The van der Waals surface area contributed by atoms with Crippen LogP contribution in [0, 0.1) is 17.1 Å². The summed E-state index contributed by atoms with van der Waals surface area (Å²) < 4.78 is 25.4. The predicted molar refractivity (Wildman–Crippen MR) is 94.1 cm³/mol. The third-order valence-corrected chi connectivity index (χ3v) is 4.46. The molecular weight excluding hydrogens is 326 g/mol. The monoisotopic (exact) mass is 350 g/mol. The molecular formula is C18H24F2N4O. The topological polar surface area (TPSA) is 82.5 Å². The summed E-state index contributed by atoms with van der Waals surface area (Å²) in [6.45, 7) is 1.97. The largest absolute Gasteiger partial charge is 0.341 e. The van der Waals surface area contributed by atoms with Gasteiger partial charge in [0, 0.05) is 37.2 Å². The fourth-order valence-electron chi connectivity index (χ4n) is 2.91. The van der Waals surface area contributed by atoms with Crippen LogP contribution in [0.5, 0.6) is 0 Å². The number of alkyl halides is 1. The fourth-order valence-corrected chi connectivity index (χ4v) is 2.91.